The summed E-state index contributed by atoms with van der Waals surface area (Å²) in [7, 11) is 1.78. The molecule has 1 atom stereocenters. The van der Waals surface area contributed by atoms with Crippen LogP contribution >= 0.6 is 0 Å². The van der Waals surface area contributed by atoms with Crippen LogP contribution in [0.25, 0.3) is 11.0 Å². The third-order valence-corrected chi connectivity index (χ3v) is 3.57. The van der Waals surface area contributed by atoms with Crippen LogP contribution in [0.3, 0.4) is 0 Å². The molecule has 0 saturated carbocycles. The van der Waals surface area contributed by atoms with E-state index in [-0.39, 0.29) is 11.9 Å². The molecule has 0 saturated heterocycles. The van der Waals surface area contributed by atoms with E-state index in [2.05, 4.69) is 15.0 Å². The van der Waals surface area contributed by atoms with Gasteiger partial charge in [0.05, 0.1) is 23.9 Å². The van der Waals surface area contributed by atoms with E-state index in [0.29, 0.717) is 6.54 Å². The largest absolute Gasteiger partial charge is 0.347 e. The first-order valence-corrected chi connectivity index (χ1v) is 6.81. The highest BCUT2D eigenvalue weighted by Crippen LogP contribution is 2.19. The van der Waals surface area contributed by atoms with Gasteiger partial charge in [-0.2, -0.15) is 0 Å². The SMILES string of the molecule is CC(C(=O)N(C)Cc1ncc[nH]1)n1cnc2ccccc21. The standard InChI is InChI=1S/C15H17N5O/c1-11(15(21)19(2)9-14-16-7-8-17-14)20-10-18-12-5-3-4-6-13(12)20/h3-8,10-11H,9H2,1-2H3,(H,16,17). The van der Waals surface area contributed by atoms with Gasteiger partial charge in [-0.15, -0.1) is 0 Å². The molecule has 21 heavy (non-hydrogen) atoms. The number of fused-ring (bicyclic) bond motifs is 1. The molecular weight excluding hydrogens is 266 g/mol. The number of imidazole rings is 2. The van der Waals surface area contributed by atoms with Crippen LogP contribution in [0.2, 0.25) is 0 Å². The maximum absolute atomic E-state index is 12.5. The van der Waals surface area contributed by atoms with E-state index in [1.165, 1.54) is 0 Å². The van der Waals surface area contributed by atoms with Crippen LogP contribution in [0.5, 0.6) is 0 Å². The molecule has 3 rings (SSSR count). The van der Waals surface area contributed by atoms with Gasteiger partial charge in [-0.3, -0.25) is 4.79 Å². The number of amides is 1. The first-order valence-electron chi connectivity index (χ1n) is 6.81. The van der Waals surface area contributed by atoms with Crippen molar-refractivity contribution in [3.8, 4) is 0 Å². The Morgan fingerprint density at radius 2 is 2.19 bits per heavy atom. The van der Waals surface area contributed by atoms with Gasteiger partial charge in [0.25, 0.3) is 0 Å². The molecule has 6 nitrogen and oxygen atoms in total. The molecule has 0 fully saturated rings. The number of H-pyrrole nitrogens is 1. The number of aromatic nitrogens is 4. The molecule has 0 spiro atoms. The van der Waals surface area contributed by atoms with Crippen molar-refractivity contribution in [1.29, 1.82) is 0 Å². The van der Waals surface area contributed by atoms with E-state index in [1.807, 2.05) is 35.8 Å². The number of benzene rings is 1. The van der Waals surface area contributed by atoms with Crippen LogP contribution in [0.15, 0.2) is 43.0 Å². The zero-order valence-electron chi connectivity index (χ0n) is 12.0. The number of nitrogens with one attached hydrogen (secondary N) is 1. The summed E-state index contributed by atoms with van der Waals surface area (Å²) in [6, 6.07) is 7.49. The Bertz CT molecular complexity index is 746. The molecule has 0 aliphatic rings. The topological polar surface area (TPSA) is 66.8 Å². The molecule has 0 aliphatic carbocycles. The lowest BCUT2D eigenvalue weighted by molar-refractivity contribution is -0.133. The number of likely N-dealkylation sites (N-methyl/N-ethyl adjacent to an activating group) is 1. The van der Waals surface area contributed by atoms with Crippen molar-refractivity contribution >= 4 is 16.9 Å². The van der Waals surface area contributed by atoms with Gasteiger partial charge >= 0.3 is 0 Å². The van der Waals surface area contributed by atoms with Crippen LogP contribution in [0.1, 0.15) is 18.8 Å². The Labute approximate surface area is 122 Å². The van der Waals surface area contributed by atoms with Crippen LogP contribution in [-0.4, -0.2) is 37.4 Å². The highest BCUT2D eigenvalue weighted by molar-refractivity contribution is 5.83. The van der Waals surface area contributed by atoms with Gasteiger partial charge in [-0.1, -0.05) is 12.1 Å². The Kier molecular flexibility index (Phi) is 3.43. The molecule has 1 unspecified atom stereocenters. The highest BCUT2D eigenvalue weighted by Gasteiger charge is 2.21. The number of carbonyl (C=O) groups is 1. The van der Waals surface area contributed by atoms with Crippen LogP contribution < -0.4 is 0 Å². The number of hydrogen-bond donors (Lipinski definition) is 1. The Hall–Kier alpha value is -2.63. The molecule has 6 heteroatoms. The fourth-order valence-electron chi connectivity index (χ4n) is 2.41. The zero-order valence-corrected chi connectivity index (χ0v) is 12.0. The van der Waals surface area contributed by atoms with Crippen molar-refractivity contribution in [3.63, 3.8) is 0 Å². The molecule has 1 N–H and O–H groups in total. The molecule has 1 amide bonds. The second kappa shape index (κ2) is 5.40. The molecule has 0 aliphatic heterocycles. The van der Waals surface area contributed by atoms with Crippen molar-refractivity contribution in [1.82, 2.24) is 24.4 Å². The molecule has 0 bridgehead atoms. The van der Waals surface area contributed by atoms with Crippen LogP contribution in [0, 0.1) is 0 Å². The van der Waals surface area contributed by atoms with Gasteiger partial charge < -0.3 is 14.5 Å². The maximum atomic E-state index is 12.5. The summed E-state index contributed by atoms with van der Waals surface area (Å²) in [6.45, 7) is 2.35. The monoisotopic (exact) mass is 283 g/mol. The smallest absolute Gasteiger partial charge is 0.245 e. The van der Waals surface area contributed by atoms with Crippen molar-refractivity contribution in [2.24, 2.45) is 0 Å². The van der Waals surface area contributed by atoms with E-state index in [1.54, 1.807) is 30.7 Å². The molecule has 0 radical (unpaired) electrons. The third kappa shape index (κ3) is 2.52. The Morgan fingerprint density at radius 3 is 2.95 bits per heavy atom. The second-order valence-corrected chi connectivity index (χ2v) is 5.05. The Balaban J connectivity index is 1.80. The number of aromatic amines is 1. The van der Waals surface area contributed by atoms with Gasteiger partial charge in [-0.25, -0.2) is 9.97 Å². The lowest BCUT2D eigenvalue weighted by Gasteiger charge is -2.21. The Morgan fingerprint density at radius 1 is 1.38 bits per heavy atom. The van der Waals surface area contributed by atoms with Gasteiger partial charge in [0.2, 0.25) is 5.91 Å². The van der Waals surface area contributed by atoms with E-state index in [9.17, 15) is 4.79 Å². The molecule has 3 aromatic rings. The van der Waals surface area contributed by atoms with Crippen molar-refractivity contribution in [2.45, 2.75) is 19.5 Å². The first-order chi connectivity index (χ1) is 10.2. The van der Waals surface area contributed by atoms with E-state index in [4.69, 9.17) is 0 Å². The predicted octanol–water partition coefficient (Wildman–Crippen LogP) is 1.98. The average Bonchev–Trinajstić information content (AvgIpc) is 3.14. The first kappa shape index (κ1) is 13.4. The van der Waals surface area contributed by atoms with Gasteiger partial charge in [0.1, 0.15) is 11.9 Å². The second-order valence-electron chi connectivity index (χ2n) is 5.05. The van der Waals surface area contributed by atoms with Gasteiger partial charge in [0, 0.05) is 19.4 Å². The number of para-hydroxylation sites is 2. The van der Waals surface area contributed by atoms with Crippen molar-refractivity contribution in [3.05, 3.63) is 48.8 Å². The number of nitrogens with zero attached hydrogens (tertiary/aromatic N) is 4. The summed E-state index contributed by atoms with van der Waals surface area (Å²) in [5.74, 6) is 0.795. The molecule has 1 aromatic carbocycles. The fraction of sp³-hybridized carbons (Fsp3) is 0.267. The molecule has 108 valence electrons. The third-order valence-electron chi connectivity index (χ3n) is 3.57. The number of hydrogen-bond acceptors (Lipinski definition) is 3. The van der Waals surface area contributed by atoms with Gasteiger partial charge in [0.15, 0.2) is 0 Å². The quantitative estimate of drug-likeness (QED) is 0.796. The van der Waals surface area contributed by atoms with Crippen molar-refractivity contribution < 1.29 is 4.79 Å². The summed E-state index contributed by atoms with van der Waals surface area (Å²) in [4.78, 5) is 25.7. The molecular formula is C15H17N5O. The lowest BCUT2D eigenvalue weighted by Crippen LogP contribution is -2.32. The summed E-state index contributed by atoms with van der Waals surface area (Å²) < 4.78 is 1.90. The minimum atomic E-state index is -0.308. The number of rotatable bonds is 4. The molecule has 2 heterocycles. The minimum absolute atomic E-state index is 0.0227. The maximum Gasteiger partial charge on any atom is 0.245 e. The normalized spacial score (nSPS) is 12.5. The summed E-state index contributed by atoms with van der Waals surface area (Å²) in [5, 5.41) is 0. The molecule has 2 aromatic heterocycles. The van der Waals surface area contributed by atoms with Crippen LogP contribution in [-0.2, 0) is 11.3 Å². The van der Waals surface area contributed by atoms with Crippen LogP contribution in [0.4, 0.5) is 0 Å². The summed E-state index contributed by atoms with van der Waals surface area (Å²) in [6.07, 6.45) is 5.15. The average molecular weight is 283 g/mol. The fourth-order valence-corrected chi connectivity index (χ4v) is 2.41. The van der Waals surface area contributed by atoms with Crippen molar-refractivity contribution in [2.75, 3.05) is 7.05 Å². The highest BCUT2D eigenvalue weighted by atomic mass is 16.2. The summed E-state index contributed by atoms with van der Waals surface area (Å²) in [5.41, 5.74) is 1.86. The van der Waals surface area contributed by atoms with E-state index < -0.39 is 0 Å². The van der Waals surface area contributed by atoms with E-state index in [0.717, 1.165) is 16.9 Å². The zero-order chi connectivity index (χ0) is 14.8. The summed E-state index contributed by atoms with van der Waals surface area (Å²) >= 11 is 0. The van der Waals surface area contributed by atoms with Gasteiger partial charge in [-0.05, 0) is 19.1 Å². The predicted molar refractivity (Wildman–Crippen MR) is 79.5 cm³/mol. The minimum Gasteiger partial charge on any atom is -0.347 e. The lowest BCUT2D eigenvalue weighted by atomic mass is 10.2. The van der Waals surface area contributed by atoms with E-state index >= 15 is 0 Å². The number of carbonyl (C=O) groups excluding carboxylic acids is 1.